The number of hydrogen-bond acceptors (Lipinski definition) is 14. The molecule has 0 aromatic heterocycles. The highest BCUT2D eigenvalue weighted by molar-refractivity contribution is 5.97. The predicted molar refractivity (Wildman–Crippen MR) is 300 cm³/mol. The smallest absolute Gasteiger partial charge is 0.220 e. The number of aliphatic imine (C=N–C) groups is 1. The predicted octanol–water partition coefficient (Wildman–Crippen LogP) is 6.67. The van der Waals surface area contributed by atoms with Gasteiger partial charge >= 0.3 is 0 Å². The van der Waals surface area contributed by atoms with Gasteiger partial charge in [-0.05, 0) is 87.1 Å². The van der Waals surface area contributed by atoms with Gasteiger partial charge in [0.15, 0.2) is 11.7 Å². The zero-order valence-electron chi connectivity index (χ0n) is 46.6. The Bertz CT molecular complexity index is 2500. The molecule has 0 aliphatic heterocycles. The second kappa shape index (κ2) is 35.6. The summed E-state index contributed by atoms with van der Waals surface area (Å²) in [6.07, 6.45) is -1.39. The second-order valence-electron chi connectivity index (χ2n) is 21.5. The molecule has 3 aromatic carbocycles. The highest BCUT2D eigenvalue weighted by Gasteiger charge is 2.35. The molecular formula is C62H84N4O13. The fourth-order valence-corrected chi connectivity index (χ4v) is 9.55. The first-order valence-electron chi connectivity index (χ1n) is 27.7. The summed E-state index contributed by atoms with van der Waals surface area (Å²) in [5.41, 5.74) is 12.9. The zero-order valence-corrected chi connectivity index (χ0v) is 46.6. The number of nitrogens with two attached hydrogens (primary N) is 2. The van der Waals surface area contributed by atoms with Crippen LogP contribution < -0.4 is 16.8 Å². The van der Waals surface area contributed by atoms with Gasteiger partial charge in [-0.3, -0.25) is 48.1 Å². The molecule has 17 nitrogen and oxygen atoms in total. The lowest BCUT2D eigenvalue weighted by Crippen LogP contribution is -2.48. The van der Waals surface area contributed by atoms with Crippen molar-refractivity contribution in [2.24, 2.45) is 52.0 Å². The van der Waals surface area contributed by atoms with Gasteiger partial charge < -0.3 is 36.9 Å². The lowest BCUT2D eigenvalue weighted by Gasteiger charge is -2.25. The Morgan fingerprint density at radius 2 is 0.962 bits per heavy atom. The third-order valence-electron chi connectivity index (χ3n) is 14.2. The first kappa shape index (κ1) is 66.4. The zero-order chi connectivity index (χ0) is 58.4. The number of benzene rings is 3. The number of aliphatic hydroxyl groups excluding tert-OH is 2. The van der Waals surface area contributed by atoms with Gasteiger partial charge in [0.05, 0.1) is 12.7 Å². The van der Waals surface area contributed by atoms with E-state index < -0.39 is 83.0 Å². The third kappa shape index (κ3) is 26.6. The number of phenols is 1. The average molecular weight is 1090 g/mol. The van der Waals surface area contributed by atoms with E-state index in [2.05, 4.69) is 10.3 Å². The van der Waals surface area contributed by atoms with Crippen LogP contribution in [0.2, 0.25) is 0 Å². The van der Waals surface area contributed by atoms with Gasteiger partial charge in [-0.15, -0.1) is 0 Å². The SMILES string of the molecule is CC(=O)CCC(=O)C(CCCN=C(N)N)CC(=O)C(CO)CC(=O)CCC(=O)CCC(=O)C(CC(=O)C(CC(=O)C(CC(=O)C(NC(=O)CCCC(C)C)C(C)O)Cc1ccccc1)Cc1ccccc1)Cc1ccc(O)cc1. The van der Waals surface area contributed by atoms with Gasteiger partial charge in [0.2, 0.25) is 5.91 Å². The normalized spacial score (nSPS) is 13.9. The van der Waals surface area contributed by atoms with E-state index in [0.717, 1.165) is 17.5 Å². The van der Waals surface area contributed by atoms with Crippen LogP contribution in [-0.4, -0.2) is 105 Å². The molecule has 0 spiro atoms. The Kier molecular flexibility index (Phi) is 29.9. The molecule has 0 radical (unpaired) electrons. The maximum absolute atomic E-state index is 14.7. The Hall–Kier alpha value is -6.85. The lowest BCUT2D eigenvalue weighted by molar-refractivity contribution is -0.135. The standard InChI is InChI=1S/C62H84N4O13/c1-40(2)13-11-19-60(79)66-61(42(4)69)59(78)38-49(32-44-16-9-6-10-17-44)57(76)37-48(31-43-14-7-5-8-15-43)56(75)36-47(33-45-21-23-51(70)24-22-45)55(74)29-27-52(71)25-26-53(72)34-50(39-67)58(77)35-46(18-12-30-65-62(63)64)54(73)28-20-41(3)68/h5-10,14-17,21-24,40,42,46-50,61,67,69-70H,11-13,18-20,25-39H2,1-4H3,(H,66,79)(H4,63,64,65). The Morgan fingerprint density at radius 3 is 1.47 bits per heavy atom. The summed E-state index contributed by atoms with van der Waals surface area (Å²) in [6, 6.07) is 23.0. The van der Waals surface area contributed by atoms with Crippen LogP contribution in [0.4, 0.5) is 0 Å². The quantitative estimate of drug-likeness (QED) is 0.0196. The summed E-state index contributed by atoms with van der Waals surface area (Å²) in [5.74, 6) is -8.52. The van der Waals surface area contributed by atoms with E-state index in [0.29, 0.717) is 24.3 Å². The molecule has 3 aromatic rings. The fourth-order valence-electron chi connectivity index (χ4n) is 9.55. The van der Waals surface area contributed by atoms with Crippen LogP contribution in [-0.2, 0) is 67.2 Å². The molecule has 0 bridgehead atoms. The van der Waals surface area contributed by atoms with Crippen LogP contribution >= 0.6 is 0 Å². The van der Waals surface area contributed by atoms with Gasteiger partial charge in [-0.2, -0.15) is 0 Å². The number of Topliss-reactive ketones (excluding diaryl/α,β-unsaturated/α-hetero) is 9. The minimum absolute atomic E-state index is 0.00659. The number of hydrogen-bond donors (Lipinski definition) is 6. The van der Waals surface area contributed by atoms with Crippen molar-refractivity contribution in [3.63, 3.8) is 0 Å². The molecular weight excluding hydrogens is 1010 g/mol. The second-order valence-corrected chi connectivity index (χ2v) is 21.5. The van der Waals surface area contributed by atoms with Gasteiger partial charge in [-0.25, -0.2) is 0 Å². The van der Waals surface area contributed by atoms with Crippen molar-refractivity contribution in [3.8, 4) is 5.75 Å². The van der Waals surface area contributed by atoms with Crippen LogP contribution in [0.5, 0.6) is 5.75 Å². The molecule has 7 atom stereocenters. The fraction of sp³-hybridized carbons (Fsp3) is 0.532. The highest BCUT2D eigenvalue weighted by Crippen LogP contribution is 2.28. The summed E-state index contributed by atoms with van der Waals surface area (Å²) in [4.78, 5) is 139. The van der Waals surface area contributed by atoms with Crippen LogP contribution in [0.15, 0.2) is 89.9 Å². The van der Waals surface area contributed by atoms with Crippen molar-refractivity contribution in [2.45, 2.75) is 162 Å². The highest BCUT2D eigenvalue weighted by atomic mass is 16.3. The summed E-state index contributed by atoms with van der Waals surface area (Å²) < 4.78 is 0. The van der Waals surface area contributed by atoms with E-state index in [9.17, 15) is 63.3 Å². The summed E-state index contributed by atoms with van der Waals surface area (Å²) in [6.45, 7) is 6.38. The first-order valence-corrected chi connectivity index (χ1v) is 27.7. The van der Waals surface area contributed by atoms with Crippen molar-refractivity contribution < 1.29 is 63.3 Å². The molecule has 7 unspecified atom stereocenters. The Labute approximate surface area is 465 Å². The van der Waals surface area contributed by atoms with Crippen LogP contribution in [0.1, 0.15) is 147 Å². The number of rotatable bonds is 42. The molecule has 0 aliphatic rings. The Balaban J connectivity index is 1.79. The largest absolute Gasteiger partial charge is 0.508 e. The number of aromatic hydroxyl groups is 1. The minimum atomic E-state index is -1.26. The summed E-state index contributed by atoms with van der Waals surface area (Å²) in [7, 11) is 0. The number of guanidine groups is 1. The van der Waals surface area contributed by atoms with Gasteiger partial charge in [0.1, 0.15) is 58.1 Å². The van der Waals surface area contributed by atoms with Crippen LogP contribution in [0, 0.1) is 35.5 Å². The van der Waals surface area contributed by atoms with Crippen molar-refractivity contribution in [1.29, 1.82) is 0 Å². The van der Waals surface area contributed by atoms with Gasteiger partial charge in [0, 0.05) is 113 Å². The van der Waals surface area contributed by atoms with E-state index in [1.165, 1.54) is 26.0 Å². The number of nitrogens with one attached hydrogen (secondary N) is 1. The lowest BCUT2D eigenvalue weighted by atomic mass is 9.79. The maximum atomic E-state index is 14.7. The van der Waals surface area contributed by atoms with Gasteiger partial charge in [-0.1, -0.05) is 93.1 Å². The molecule has 0 saturated carbocycles. The third-order valence-corrected chi connectivity index (χ3v) is 14.2. The van der Waals surface area contributed by atoms with E-state index in [4.69, 9.17) is 11.5 Å². The number of aliphatic hydroxyl groups is 2. The van der Waals surface area contributed by atoms with Crippen molar-refractivity contribution in [1.82, 2.24) is 5.32 Å². The van der Waals surface area contributed by atoms with E-state index in [-0.39, 0.29) is 144 Å². The molecule has 0 saturated heterocycles. The molecule has 0 heterocycles. The first-order chi connectivity index (χ1) is 37.5. The Morgan fingerprint density at radius 1 is 0.506 bits per heavy atom. The van der Waals surface area contributed by atoms with Crippen molar-refractivity contribution >= 4 is 63.9 Å². The van der Waals surface area contributed by atoms with E-state index >= 15 is 0 Å². The van der Waals surface area contributed by atoms with Crippen LogP contribution in [0.25, 0.3) is 0 Å². The van der Waals surface area contributed by atoms with Gasteiger partial charge in [0.25, 0.3) is 0 Å². The molecule has 0 fully saturated rings. The summed E-state index contributed by atoms with van der Waals surface area (Å²) >= 11 is 0. The number of amides is 1. The van der Waals surface area contributed by atoms with Crippen molar-refractivity contribution in [3.05, 3.63) is 102 Å². The molecule has 17 heteroatoms. The number of phenolic OH excluding ortho intramolecular Hbond substituents is 1. The molecule has 79 heavy (non-hydrogen) atoms. The maximum Gasteiger partial charge on any atom is 0.220 e. The molecule has 3 rings (SSSR count). The number of carbonyl (C=O) groups excluding carboxylic acids is 10. The molecule has 0 aliphatic carbocycles. The molecule has 430 valence electrons. The number of ketones is 9. The van der Waals surface area contributed by atoms with Crippen molar-refractivity contribution in [2.75, 3.05) is 13.2 Å². The van der Waals surface area contributed by atoms with E-state index in [1.54, 1.807) is 36.4 Å². The number of nitrogens with zero attached hydrogens (tertiary/aromatic N) is 1. The average Bonchev–Trinajstić information content (AvgIpc) is 3.40. The molecule has 8 N–H and O–H groups in total. The monoisotopic (exact) mass is 1090 g/mol. The van der Waals surface area contributed by atoms with Crippen LogP contribution in [0.3, 0.4) is 0 Å². The minimum Gasteiger partial charge on any atom is -0.508 e. The summed E-state index contributed by atoms with van der Waals surface area (Å²) in [5, 5.41) is 33.5. The van der Waals surface area contributed by atoms with E-state index in [1.807, 2.05) is 50.2 Å². The molecule has 1 amide bonds. The number of carbonyl (C=O) groups is 10. The topological polar surface area (TPSA) is 308 Å².